The van der Waals surface area contributed by atoms with Crippen molar-refractivity contribution in [3.05, 3.63) is 86.7 Å². The Morgan fingerprint density at radius 2 is 1.85 bits per heavy atom. The zero-order chi connectivity index (χ0) is 28.5. The van der Waals surface area contributed by atoms with Crippen molar-refractivity contribution in [1.82, 2.24) is 10.4 Å². The van der Waals surface area contributed by atoms with E-state index in [-0.39, 0.29) is 19.1 Å². The number of methoxy groups -OCH3 is 1. The summed E-state index contributed by atoms with van der Waals surface area (Å²) in [7, 11) is 1.48. The second-order valence-corrected chi connectivity index (χ2v) is 10.2. The quantitative estimate of drug-likeness (QED) is 0.107. The van der Waals surface area contributed by atoms with E-state index < -0.39 is 5.97 Å². The fourth-order valence-corrected chi connectivity index (χ4v) is 4.69. The average molecular weight is 644 g/mol. The fraction of sp³-hybridized carbons (Fsp3) is 0.143. The first-order valence-corrected chi connectivity index (χ1v) is 14.0. The van der Waals surface area contributed by atoms with Crippen molar-refractivity contribution in [2.24, 2.45) is 5.10 Å². The van der Waals surface area contributed by atoms with Gasteiger partial charge >= 0.3 is 5.97 Å². The molecule has 0 radical (unpaired) electrons. The average Bonchev–Trinajstić information content (AvgIpc) is 3.42. The van der Waals surface area contributed by atoms with Crippen molar-refractivity contribution in [1.29, 1.82) is 0 Å². The summed E-state index contributed by atoms with van der Waals surface area (Å²) in [6.07, 6.45) is 1.47. The van der Waals surface area contributed by atoms with E-state index in [4.69, 9.17) is 25.8 Å². The van der Waals surface area contributed by atoms with E-state index in [1.165, 1.54) is 24.7 Å². The molecule has 3 aromatic carbocycles. The van der Waals surface area contributed by atoms with Crippen LogP contribution in [0.25, 0.3) is 11.3 Å². The van der Waals surface area contributed by atoms with Crippen LogP contribution < -0.4 is 20.2 Å². The molecule has 40 heavy (non-hydrogen) atoms. The fourth-order valence-electron chi connectivity index (χ4n) is 3.40. The van der Waals surface area contributed by atoms with Gasteiger partial charge in [-0.3, -0.25) is 4.79 Å². The Balaban J connectivity index is 1.35. The summed E-state index contributed by atoms with van der Waals surface area (Å²) in [6.45, 7) is 1.74. The summed E-state index contributed by atoms with van der Waals surface area (Å²) in [5.41, 5.74) is 6.14. The number of carbonyl (C=O) groups excluding carboxylic acids is 2. The summed E-state index contributed by atoms with van der Waals surface area (Å²) in [6, 6.07) is 17.8. The number of nitrogens with zero attached hydrogens (tertiary/aromatic N) is 2. The van der Waals surface area contributed by atoms with E-state index in [2.05, 4.69) is 36.8 Å². The number of nitrogens with one attached hydrogen (secondary N) is 2. The lowest BCUT2D eigenvalue weighted by Crippen LogP contribution is -2.17. The minimum absolute atomic E-state index is 0.247. The van der Waals surface area contributed by atoms with E-state index in [1.54, 1.807) is 31.2 Å². The Morgan fingerprint density at radius 3 is 2.55 bits per heavy atom. The van der Waals surface area contributed by atoms with Gasteiger partial charge in [-0.2, -0.15) is 5.10 Å². The van der Waals surface area contributed by atoms with Crippen LogP contribution in [0.5, 0.6) is 11.5 Å². The maximum Gasteiger partial charge on any atom is 0.344 e. The van der Waals surface area contributed by atoms with Gasteiger partial charge in [-0.25, -0.2) is 15.2 Å². The van der Waals surface area contributed by atoms with Crippen LogP contribution in [0.4, 0.5) is 10.8 Å². The third-order valence-corrected chi connectivity index (χ3v) is 7.04. The van der Waals surface area contributed by atoms with Crippen molar-refractivity contribution in [3.8, 4) is 22.8 Å². The molecule has 0 saturated heterocycles. The number of halogens is 2. The number of hydrogen-bond donors (Lipinski definition) is 2. The molecule has 0 fully saturated rings. The maximum absolute atomic E-state index is 12.6. The summed E-state index contributed by atoms with van der Waals surface area (Å²) in [4.78, 5) is 28.8. The highest BCUT2D eigenvalue weighted by Crippen LogP contribution is 2.33. The lowest BCUT2D eigenvalue weighted by molar-refractivity contribution is -0.145. The highest BCUT2D eigenvalue weighted by molar-refractivity contribution is 9.10. The molecule has 9 nitrogen and oxygen atoms in total. The van der Waals surface area contributed by atoms with Crippen LogP contribution in [0.3, 0.4) is 0 Å². The van der Waals surface area contributed by atoms with Crippen molar-refractivity contribution < 1.29 is 23.8 Å². The molecule has 4 rings (SSSR count). The van der Waals surface area contributed by atoms with Gasteiger partial charge in [0, 0.05) is 37.3 Å². The van der Waals surface area contributed by atoms with Gasteiger partial charge in [-0.1, -0.05) is 23.7 Å². The van der Waals surface area contributed by atoms with Gasteiger partial charge in [0.1, 0.15) is 0 Å². The second kappa shape index (κ2) is 13.9. The van der Waals surface area contributed by atoms with E-state index in [9.17, 15) is 9.59 Å². The minimum atomic E-state index is -0.482. The van der Waals surface area contributed by atoms with E-state index in [0.29, 0.717) is 32.1 Å². The summed E-state index contributed by atoms with van der Waals surface area (Å²) < 4.78 is 16.3. The molecule has 2 N–H and O–H groups in total. The van der Waals surface area contributed by atoms with Gasteiger partial charge in [0.15, 0.2) is 23.2 Å². The van der Waals surface area contributed by atoms with Crippen LogP contribution in [-0.4, -0.2) is 43.4 Å². The molecule has 0 spiro atoms. The third-order valence-electron chi connectivity index (χ3n) is 5.35. The highest BCUT2D eigenvalue weighted by Gasteiger charge is 2.13. The number of aromatic nitrogens is 1. The molecule has 206 valence electrons. The van der Waals surface area contributed by atoms with Crippen LogP contribution >= 0.6 is 38.9 Å². The van der Waals surface area contributed by atoms with Gasteiger partial charge < -0.3 is 19.5 Å². The van der Waals surface area contributed by atoms with E-state index in [1.807, 2.05) is 41.8 Å². The van der Waals surface area contributed by atoms with Crippen molar-refractivity contribution in [3.63, 3.8) is 0 Å². The number of amides is 1. The van der Waals surface area contributed by atoms with Crippen molar-refractivity contribution >= 4 is 67.8 Å². The first-order valence-electron chi connectivity index (χ1n) is 11.9. The molecular weight excluding hydrogens is 620 g/mol. The topological polar surface area (TPSA) is 111 Å². The number of rotatable bonds is 11. The molecule has 0 aliphatic rings. The van der Waals surface area contributed by atoms with Crippen LogP contribution in [0.2, 0.25) is 5.02 Å². The molecule has 1 amide bonds. The number of thiazole rings is 1. The lowest BCUT2D eigenvalue weighted by atomic mass is 10.1. The van der Waals surface area contributed by atoms with Crippen LogP contribution in [0, 0.1) is 0 Å². The van der Waals surface area contributed by atoms with Gasteiger partial charge in [0.25, 0.3) is 5.91 Å². The van der Waals surface area contributed by atoms with E-state index >= 15 is 0 Å². The molecular formula is C28H24BrClN4O5S. The number of anilines is 2. The molecule has 4 aromatic rings. The van der Waals surface area contributed by atoms with Crippen LogP contribution in [-0.2, 0) is 9.53 Å². The van der Waals surface area contributed by atoms with Crippen LogP contribution in [0.15, 0.2) is 75.6 Å². The van der Waals surface area contributed by atoms with Gasteiger partial charge in [-0.05, 0) is 71.4 Å². The standard InChI is InChI=1S/C28H24BrClN4O5S/c1-3-38-26(35)15-39-25-13-22(29)19(12-24(25)37-2)14-31-34-27(36)18-6-4-17(5-7-18)23-16-40-28(33-23)32-21-10-8-20(30)9-11-21/h4-14,16H,3,15H2,1-2H3,(H,32,33)(H,34,36)/b31-14-. The number of hydrazone groups is 1. The predicted octanol–water partition coefficient (Wildman–Crippen LogP) is 6.68. The molecule has 0 bridgehead atoms. The second-order valence-electron chi connectivity index (χ2n) is 8.06. The molecule has 0 unspecified atom stereocenters. The Hall–Kier alpha value is -3.93. The Labute approximate surface area is 248 Å². The summed E-state index contributed by atoms with van der Waals surface area (Å²) in [5, 5.41) is 10.7. The number of esters is 1. The predicted molar refractivity (Wildman–Crippen MR) is 160 cm³/mol. The number of hydrogen-bond acceptors (Lipinski definition) is 9. The highest BCUT2D eigenvalue weighted by atomic mass is 79.9. The van der Waals surface area contributed by atoms with Gasteiger partial charge in [-0.15, -0.1) is 11.3 Å². The smallest absolute Gasteiger partial charge is 0.344 e. The van der Waals surface area contributed by atoms with Gasteiger partial charge in [0.2, 0.25) is 0 Å². The van der Waals surface area contributed by atoms with Crippen molar-refractivity contribution in [2.75, 3.05) is 25.6 Å². The normalized spacial score (nSPS) is 10.8. The molecule has 1 aromatic heterocycles. The van der Waals surface area contributed by atoms with E-state index in [0.717, 1.165) is 22.1 Å². The molecule has 12 heteroatoms. The Kier molecular flexibility index (Phi) is 10.1. The third kappa shape index (κ3) is 7.81. The summed E-state index contributed by atoms with van der Waals surface area (Å²) >= 11 is 10.9. The maximum atomic E-state index is 12.6. The zero-order valence-electron chi connectivity index (χ0n) is 21.4. The first-order chi connectivity index (χ1) is 19.4. The first kappa shape index (κ1) is 29.1. The molecule has 0 saturated carbocycles. The molecule has 0 aliphatic carbocycles. The SMILES string of the molecule is CCOC(=O)COc1cc(Br)c(/C=N\NC(=O)c2ccc(-c3csc(Nc4ccc(Cl)cc4)n3)cc2)cc1OC. The Morgan fingerprint density at radius 1 is 1.10 bits per heavy atom. The van der Waals surface area contributed by atoms with Crippen molar-refractivity contribution in [2.45, 2.75) is 6.92 Å². The number of ether oxygens (including phenoxy) is 3. The van der Waals surface area contributed by atoms with Gasteiger partial charge in [0.05, 0.1) is 25.6 Å². The number of benzene rings is 3. The number of carbonyl (C=O) groups is 2. The molecule has 0 aliphatic heterocycles. The lowest BCUT2D eigenvalue weighted by Gasteiger charge is -2.12. The molecule has 0 atom stereocenters. The van der Waals surface area contributed by atoms with Crippen LogP contribution in [0.1, 0.15) is 22.8 Å². The largest absolute Gasteiger partial charge is 0.493 e. The summed E-state index contributed by atoms with van der Waals surface area (Å²) in [5.74, 6) is -0.102. The molecule has 1 heterocycles. The zero-order valence-corrected chi connectivity index (χ0v) is 24.6. The Bertz CT molecular complexity index is 1510. The minimum Gasteiger partial charge on any atom is -0.493 e. The monoisotopic (exact) mass is 642 g/mol.